The molecule has 0 bridgehead atoms. The predicted molar refractivity (Wildman–Crippen MR) is 76.9 cm³/mol. The molecule has 2 rings (SSSR count). The van der Waals surface area contributed by atoms with Crippen LogP contribution in [0, 0.1) is 5.92 Å². The first-order valence-electron chi connectivity index (χ1n) is 7.77. The molecule has 0 spiro atoms. The van der Waals surface area contributed by atoms with Crippen molar-refractivity contribution >= 4 is 5.97 Å². The third-order valence-electron chi connectivity index (χ3n) is 4.76. The fourth-order valence-electron chi connectivity index (χ4n) is 3.69. The highest BCUT2D eigenvalue weighted by Crippen LogP contribution is 2.35. The number of fused-ring (bicyclic) bond motifs is 1. The zero-order valence-electron chi connectivity index (χ0n) is 12.4. The summed E-state index contributed by atoms with van der Waals surface area (Å²) >= 11 is 0. The van der Waals surface area contributed by atoms with Crippen molar-refractivity contribution in [3.63, 3.8) is 0 Å². The van der Waals surface area contributed by atoms with Gasteiger partial charge >= 0.3 is 5.97 Å². The van der Waals surface area contributed by atoms with Crippen LogP contribution >= 0.6 is 0 Å². The molecule has 1 aliphatic carbocycles. The Morgan fingerprint density at radius 1 is 1.26 bits per heavy atom. The molecule has 2 atom stereocenters. The molecular weight excluding hydrogens is 238 g/mol. The summed E-state index contributed by atoms with van der Waals surface area (Å²) in [4.78, 5) is 14.2. The number of hydrogen-bond donors (Lipinski definition) is 0. The maximum Gasteiger partial charge on any atom is 0.333 e. The lowest BCUT2D eigenvalue weighted by molar-refractivity contribution is -0.136. The van der Waals surface area contributed by atoms with Gasteiger partial charge in [-0.05, 0) is 44.6 Å². The van der Waals surface area contributed by atoms with Gasteiger partial charge in [0.1, 0.15) is 0 Å². The molecule has 1 saturated carbocycles. The van der Waals surface area contributed by atoms with E-state index >= 15 is 0 Å². The first-order chi connectivity index (χ1) is 9.26. The molecule has 0 unspecified atom stereocenters. The first-order valence-corrected chi connectivity index (χ1v) is 7.77. The van der Waals surface area contributed by atoms with Gasteiger partial charge in [0.25, 0.3) is 0 Å². The topological polar surface area (TPSA) is 29.5 Å². The standard InChI is InChI=1S/C16H27NO2/c1-3-13(16(18)19-2)10-12-17-11-6-8-14-7-4-5-9-15(14)17/h10,14-15H,3-9,11-12H2,1-2H3/t14-,15-/m1/s1. The van der Waals surface area contributed by atoms with Gasteiger partial charge in [-0.2, -0.15) is 0 Å². The number of rotatable bonds is 4. The van der Waals surface area contributed by atoms with Crippen molar-refractivity contribution in [2.75, 3.05) is 20.2 Å². The van der Waals surface area contributed by atoms with Gasteiger partial charge < -0.3 is 4.74 Å². The van der Waals surface area contributed by atoms with Crippen LogP contribution in [0.4, 0.5) is 0 Å². The minimum Gasteiger partial charge on any atom is -0.466 e. The molecular formula is C16H27NO2. The van der Waals surface area contributed by atoms with E-state index in [1.165, 1.54) is 52.2 Å². The Bertz CT molecular complexity index is 336. The highest BCUT2D eigenvalue weighted by Gasteiger charge is 2.32. The van der Waals surface area contributed by atoms with Gasteiger partial charge in [0.2, 0.25) is 0 Å². The minimum atomic E-state index is -0.167. The first kappa shape index (κ1) is 14.6. The van der Waals surface area contributed by atoms with Crippen LogP contribution in [0.2, 0.25) is 0 Å². The van der Waals surface area contributed by atoms with E-state index in [2.05, 4.69) is 11.0 Å². The number of methoxy groups -OCH3 is 1. The van der Waals surface area contributed by atoms with E-state index in [0.29, 0.717) is 0 Å². The molecule has 3 nitrogen and oxygen atoms in total. The van der Waals surface area contributed by atoms with Crippen molar-refractivity contribution in [3.05, 3.63) is 11.6 Å². The van der Waals surface area contributed by atoms with E-state index in [-0.39, 0.29) is 5.97 Å². The number of esters is 1. The molecule has 19 heavy (non-hydrogen) atoms. The lowest BCUT2D eigenvalue weighted by atomic mass is 9.78. The summed E-state index contributed by atoms with van der Waals surface area (Å²) < 4.78 is 4.82. The molecule has 0 aromatic carbocycles. The maximum absolute atomic E-state index is 11.6. The van der Waals surface area contributed by atoms with Crippen LogP contribution in [0.25, 0.3) is 0 Å². The summed E-state index contributed by atoms with van der Waals surface area (Å²) in [6.45, 7) is 4.12. The third kappa shape index (κ3) is 3.59. The van der Waals surface area contributed by atoms with Gasteiger partial charge in [-0.3, -0.25) is 4.90 Å². The van der Waals surface area contributed by atoms with E-state index in [9.17, 15) is 4.79 Å². The molecule has 3 heteroatoms. The zero-order chi connectivity index (χ0) is 13.7. The van der Waals surface area contributed by atoms with E-state index in [0.717, 1.165) is 30.5 Å². The largest absolute Gasteiger partial charge is 0.466 e. The van der Waals surface area contributed by atoms with Crippen LogP contribution in [-0.2, 0) is 9.53 Å². The second kappa shape index (κ2) is 7.09. The lowest BCUT2D eigenvalue weighted by Crippen LogP contribution is -2.46. The van der Waals surface area contributed by atoms with Crippen molar-refractivity contribution < 1.29 is 9.53 Å². The smallest absolute Gasteiger partial charge is 0.333 e. The van der Waals surface area contributed by atoms with Crippen molar-refractivity contribution in [2.45, 2.75) is 57.9 Å². The van der Waals surface area contributed by atoms with Crippen LogP contribution in [0.5, 0.6) is 0 Å². The molecule has 0 aromatic heterocycles. The lowest BCUT2D eigenvalue weighted by Gasteiger charge is -2.43. The molecule has 0 radical (unpaired) electrons. The Balaban J connectivity index is 1.96. The second-order valence-corrected chi connectivity index (χ2v) is 5.82. The summed E-state index contributed by atoms with van der Waals surface area (Å²) in [5.74, 6) is 0.735. The van der Waals surface area contributed by atoms with Crippen LogP contribution < -0.4 is 0 Å². The average Bonchev–Trinajstić information content (AvgIpc) is 2.47. The summed E-state index contributed by atoms with van der Waals surface area (Å²) in [7, 11) is 1.46. The Morgan fingerprint density at radius 3 is 2.74 bits per heavy atom. The summed E-state index contributed by atoms with van der Waals surface area (Å²) in [5.41, 5.74) is 0.820. The van der Waals surface area contributed by atoms with Crippen LogP contribution in [0.3, 0.4) is 0 Å². The number of carbonyl (C=O) groups is 1. The van der Waals surface area contributed by atoms with Crippen molar-refractivity contribution in [1.82, 2.24) is 4.90 Å². The van der Waals surface area contributed by atoms with Crippen LogP contribution in [-0.4, -0.2) is 37.1 Å². The Labute approximate surface area is 117 Å². The zero-order valence-corrected chi connectivity index (χ0v) is 12.4. The quantitative estimate of drug-likeness (QED) is 0.577. The van der Waals surface area contributed by atoms with E-state index < -0.39 is 0 Å². The summed E-state index contributed by atoms with van der Waals surface area (Å²) in [5, 5.41) is 0. The molecule has 0 amide bonds. The number of ether oxygens (including phenoxy) is 1. The minimum absolute atomic E-state index is 0.167. The average molecular weight is 265 g/mol. The maximum atomic E-state index is 11.6. The molecule has 1 saturated heterocycles. The predicted octanol–water partition coefficient (Wildman–Crippen LogP) is 3.15. The molecule has 1 aliphatic heterocycles. The molecule has 2 fully saturated rings. The number of nitrogens with zero attached hydrogens (tertiary/aromatic N) is 1. The molecule has 0 N–H and O–H groups in total. The number of carbonyl (C=O) groups excluding carboxylic acids is 1. The van der Waals surface area contributed by atoms with E-state index in [1.807, 2.05) is 6.92 Å². The summed E-state index contributed by atoms with van der Waals surface area (Å²) in [6, 6.07) is 0.759. The Hall–Kier alpha value is -0.830. The Kier molecular flexibility index (Phi) is 5.44. The van der Waals surface area contributed by atoms with Crippen molar-refractivity contribution in [1.29, 1.82) is 0 Å². The highest BCUT2D eigenvalue weighted by atomic mass is 16.5. The SMILES string of the molecule is CCC(=CCN1CCC[C@H]2CCCC[C@H]21)C(=O)OC. The van der Waals surface area contributed by atoms with Crippen LogP contribution in [0.15, 0.2) is 11.6 Å². The van der Waals surface area contributed by atoms with E-state index in [4.69, 9.17) is 4.74 Å². The van der Waals surface area contributed by atoms with E-state index in [1.54, 1.807) is 0 Å². The van der Waals surface area contributed by atoms with Gasteiger partial charge in [-0.15, -0.1) is 0 Å². The van der Waals surface area contributed by atoms with Gasteiger partial charge in [0.05, 0.1) is 7.11 Å². The molecule has 2 aliphatic rings. The molecule has 1 heterocycles. The van der Waals surface area contributed by atoms with Gasteiger partial charge in [0, 0.05) is 18.2 Å². The number of piperidine rings is 1. The normalized spacial score (nSPS) is 28.8. The van der Waals surface area contributed by atoms with Gasteiger partial charge in [0.15, 0.2) is 0 Å². The number of likely N-dealkylation sites (tertiary alicyclic amines) is 1. The van der Waals surface area contributed by atoms with Crippen molar-refractivity contribution in [2.24, 2.45) is 5.92 Å². The monoisotopic (exact) mass is 265 g/mol. The highest BCUT2D eigenvalue weighted by molar-refractivity contribution is 5.88. The van der Waals surface area contributed by atoms with Gasteiger partial charge in [-0.1, -0.05) is 25.8 Å². The third-order valence-corrected chi connectivity index (χ3v) is 4.76. The summed E-state index contributed by atoms with van der Waals surface area (Å²) in [6.07, 6.45) is 11.1. The van der Waals surface area contributed by atoms with Gasteiger partial charge in [-0.25, -0.2) is 4.79 Å². The Morgan fingerprint density at radius 2 is 2.00 bits per heavy atom. The molecule has 108 valence electrons. The fraction of sp³-hybridized carbons (Fsp3) is 0.812. The number of hydrogen-bond acceptors (Lipinski definition) is 3. The molecule has 0 aromatic rings. The van der Waals surface area contributed by atoms with Crippen molar-refractivity contribution in [3.8, 4) is 0 Å². The fourth-order valence-corrected chi connectivity index (χ4v) is 3.69. The second-order valence-electron chi connectivity index (χ2n) is 5.82. The van der Waals surface area contributed by atoms with Crippen LogP contribution in [0.1, 0.15) is 51.9 Å².